The quantitative estimate of drug-likeness (QED) is 0.797. The van der Waals surface area contributed by atoms with Crippen LogP contribution in [-0.2, 0) is 17.5 Å². The first-order chi connectivity index (χ1) is 9.76. The molecular formula is C15H14BrNOS2. The molecular weight excluding hydrogens is 354 g/mol. The minimum absolute atomic E-state index is 0.00104. The van der Waals surface area contributed by atoms with Crippen LogP contribution < -0.4 is 5.32 Å². The molecule has 2 nitrogen and oxygen atoms in total. The molecule has 0 radical (unpaired) electrons. The van der Waals surface area contributed by atoms with E-state index in [9.17, 15) is 4.79 Å². The van der Waals surface area contributed by atoms with Crippen LogP contribution in [0.1, 0.15) is 25.7 Å². The minimum Gasteiger partial charge on any atom is -0.321 e. The van der Waals surface area contributed by atoms with Crippen molar-refractivity contribution in [2.75, 3.05) is 11.1 Å². The van der Waals surface area contributed by atoms with E-state index in [4.69, 9.17) is 0 Å². The monoisotopic (exact) mass is 367 g/mol. The maximum atomic E-state index is 12.3. The number of alkyl halides is 1. The van der Waals surface area contributed by atoms with Gasteiger partial charge >= 0.3 is 0 Å². The molecule has 1 amide bonds. The molecule has 20 heavy (non-hydrogen) atoms. The molecule has 1 aliphatic rings. The number of thiophene rings is 1. The highest BCUT2D eigenvalue weighted by molar-refractivity contribution is 9.08. The molecule has 0 saturated carbocycles. The average molecular weight is 368 g/mol. The Bertz CT molecular complexity index is 615. The fourth-order valence-corrected chi connectivity index (χ4v) is 4.80. The van der Waals surface area contributed by atoms with Gasteiger partial charge in [0, 0.05) is 21.6 Å². The summed E-state index contributed by atoms with van der Waals surface area (Å²) in [5, 5.41) is 3.78. The van der Waals surface area contributed by atoms with Gasteiger partial charge in [-0.3, -0.25) is 4.79 Å². The number of thioether (sulfide) groups is 1. The second-order valence-corrected chi connectivity index (χ2v) is 7.45. The zero-order chi connectivity index (χ0) is 13.9. The first-order valence-corrected chi connectivity index (χ1v) is 9.51. The van der Waals surface area contributed by atoms with Gasteiger partial charge in [0.25, 0.3) is 5.91 Å². The number of halogens is 1. The van der Waals surface area contributed by atoms with Crippen LogP contribution in [0.4, 0.5) is 5.69 Å². The lowest BCUT2D eigenvalue weighted by molar-refractivity contribution is 0.103. The number of fused-ring (bicyclic) bond motifs is 1. The number of hydrogen-bond donors (Lipinski definition) is 1. The fraction of sp³-hybridized carbons (Fsp3) is 0.267. The molecule has 1 aromatic heterocycles. The zero-order valence-corrected chi connectivity index (χ0v) is 14.0. The van der Waals surface area contributed by atoms with Crippen molar-refractivity contribution in [2.45, 2.75) is 17.5 Å². The van der Waals surface area contributed by atoms with Crippen molar-refractivity contribution in [2.24, 2.45) is 0 Å². The SMILES string of the molecule is O=C(Nc1cccc(CBr)c1)c1cc2c(s1)CCSC2. The molecule has 0 fully saturated rings. The average Bonchev–Trinajstić information content (AvgIpc) is 2.91. The maximum Gasteiger partial charge on any atom is 0.265 e. The third-order valence-electron chi connectivity index (χ3n) is 3.19. The Hall–Kier alpha value is -0.780. The summed E-state index contributed by atoms with van der Waals surface area (Å²) < 4.78 is 0. The van der Waals surface area contributed by atoms with Crippen molar-refractivity contribution in [3.63, 3.8) is 0 Å². The largest absolute Gasteiger partial charge is 0.321 e. The molecule has 0 aliphatic carbocycles. The molecule has 104 valence electrons. The fourth-order valence-electron chi connectivity index (χ4n) is 2.18. The van der Waals surface area contributed by atoms with E-state index in [-0.39, 0.29) is 5.91 Å². The van der Waals surface area contributed by atoms with Crippen LogP contribution in [0.15, 0.2) is 30.3 Å². The second kappa shape index (κ2) is 6.33. The van der Waals surface area contributed by atoms with E-state index in [0.717, 1.165) is 33.6 Å². The highest BCUT2D eigenvalue weighted by Crippen LogP contribution is 2.32. The van der Waals surface area contributed by atoms with E-state index in [0.29, 0.717) is 0 Å². The molecule has 5 heteroatoms. The summed E-state index contributed by atoms with van der Waals surface area (Å²) in [5.41, 5.74) is 3.35. The number of aryl methyl sites for hydroxylation is 1. The van der Waals surface area contributed by atoms with E-state index in [2.05, 4.69) is 27.3 Å². The van der Waals surface area contributed by atoms with Gasteiger partial charge in [0.05, 0.1) is 4.88 Å². The van der Waals surface area contributed by atoms with E-state index >= 15 is 0 Å². The lowest BCUT2D eigenvalue weighted by Crippen LogP contribution is -2.10. The van der Waals surface area contributed by atoms with Gasteiger partial charge in [-0.25, -0.2) is 0 Å². The topological polar surface area (TPSA) is 29.1 Å². The van der Waals surface area contributed by atoms with E-state index in [1.807, 2.05) is 36.0 Å². The summed E-state index contributed by atoms with van der Waals surface area (Å²) in [6.45, 7) is 0. The number of anilines is 1. The zero-order valence-electron chi connectivity index (χ0n) is 10.8. The Balaban J connectivity index is 1.77. The van der Waals surface area contributed by atoms with Crippen molar-refractivity contribution in [1.82, 2.24) is 0 Å². The standard InChI is InChI=1S/C15H14BrNOS2/c16-8-10-2-1-3-12(6-10)17-15(18)14-7-11-9-19-5-4-13(11)20-14/h1-3,6-7H,4-5,8-9H2,(H,17,18). The van der Waals surface area contributed by atoms with Crippen LogP contribution in [0.25, 0.3) is 0 Å². The van der Waals surface area contributed by atoms with Crippen molar-refractivity contribution in [3.8, 4) is 0 Å². The van der Waals surface area contributed by atoms with Gasteiger partial charge < -0.3 is 5.32 Å². The third-order valence-corrected chi connectivity index (χ3v) is 6.08. The number of carbonyl (C=O) groups excluding carboxylic acids is 1. The summed E-state index contributed by atoms with van der Waals surface area (Å²) in [6, 6.07) is 9.97. The third kappa shape index (κ3) is 3.10. The van der Waals surface area contributed by atoms with Crippen molar-refractivity contribution in [1.29, 1.82) is 0 Å². The van der Waals surface area contributed by atoms with Gasteiger partial charge in [-0.1, -0.05) is 28.1 Å². The van der Waals surface area contributed by atoms with Gasteiger partial charge in [0.2, 0.25) is 0 Å². The number of benzene rings is 1. The van der Waals surface area contributed by atoms with Crippen LogP contribution in [0.5, 0.6) is 0 Å². The summed E-state index contributed by atoms with van der Waals surface area (Å²) in [6.07, 6.45) is 1.09. The molecule has 0 unspecified atom stereocenters. The van der Waals surface area contributed by atoms with Crippen molar-refractivity contribution < 1.29 is 4.79 Å². The van der Waals surface area contributed by atoms with E-state index < -0.39 is 0 Å². The number of amides is 1. The molecule has 0 saturated heterocycles. The Morgan fingerprint density at radius 1 is 1.35 bits per heavy atom. The normalized spacial score (nSPS) is 13.8. The van der Waals surface area contributed by atoms with Gasteiger partial charge in [-0.2, -0.15) is 11.8 Å². The Morgan fingerprint density at radius 3 is 3.05 bits per heavy atom. The molecule has 2 heterocycles. The molecule has 0 spiro atoms. The molecule has 3 rings (SSSR count). The Morgan fingerprint density at radius 2 is 2.25 bits per heavy atom. The van der Waals surface area contributed by atoms with Crippen LogP contribution in [0.3, 0.4) is 0 Å². The predicted octanol–water partition coefficient (Wildman–Crippen LogP) is 4.68. The first-order valence-electron chi connectivity index (χ1n) is 6.42. The summed E-state index contributed by atoms with van der Waals surface area (Å²) in [5.74, 6) is 2.21. The van der Waals surface area contributed by atoms with Crippen LogP contribution in [-0.4, -0.2) is 11.7 Å². The first kappa shape index (κ1) is 14.2. The number of hydrogen-bond acceptors (Lipinski definition) is 3. The van der Waals surface area contributed by atoms with Crippen molar-refractivity contribution in [3.05, 3.63) is 51.2 Å². The molecule has 1 aliphatic heterocycles. The molecule has 0 atom stereocenters. The number of nitrogens with one attached hydrogen (secondary N) is 1. The molecule has 2 aromatic rings. The van der Waals surface area contributed by atoms with E-state index in [1.165, 1.54) is 16.2 Å². The maximum absolute atomic E-state index is 12.3. The molecule has 0 bridgehead atoms. The van der Waals surface area contributed by atoms with Gasteiger partial charge in [0.15, 0.2) is 0 Å². The highest BCUT2D eigenvalue weighted by Gasteiger charge is 2.17. The van der Waals surface area contributed by atoms with Gasteiger partial charge in [0.1, 0.15) is 0 Å². The lowest BCUT2D eigenvalue weighted by atomic mass is 10.2. The summed E-state index contributed by atoms with van der Waals surface area (Å²) in [4.78, 5) is 14.5. The van der Waals surface area contributed by atoms with Crippen molar-refractivity contribution >= 4 is 50.6 Å². The predicted molar refractivity (Wildman–Crippen MR) is 91.2 cm³/mol. The van der Waals surface area contributed by atoms with Crippen LogP contribution in [0.2, 0.25) is 0 Å². The highest BCUT2D eigenvalue weighted by atomic mass is 79.9. The second-order valence-electron chi connectivity index (χ2n) is 4.65. The number of carbonyl (C=O) groups is 1. The lowest BCUT2D eigenvalue weighted by Gasteiger charge is -2.08. The summed E-state index contributed by atoms with van der Waals surface area (Å²) in [7, 11) is 0. The minimum atomic E-state index is 0.00104. The smallest absolute Gasteiger partial charge is 0.265 e. The molecule has 1 N–H and O–H groups in total. The number of rotatable bonds is 3. The van der Waals surface area contributed by atoms with Crippen LogP contribution in [0, 0.1) is 0 Å². The van der Waals surface area contributed by atoms with Gasteiger partial charge in [-0.05, 0) is 41.5 Å². The van der Waals surface area contributed by atoms with E-state index in [1.54, 1.807) is 11.3 Å². The summed E-state index contributed by atoms with van der Waals surface area (Å²) >= 11 is 7.01. The van der Waals surface area contributed by atoms with Crippen LogP contribution >= 0.6 is 39.0 Å². The Labute approximate surface area is 135 Å². The van der Waals surface area contributed by atoms with Gasteiger partial charge in [-0.15, -0.1) is 11.3 Å². The Kier molecular flexibility index (Phi) is 4.48. The molecule has 1 aromatic carbocycles.